The highest BCUT2D eigenvalue weighted by atomic mass is 35.5. The zero-order valence-corrected chi connectivity index (χ0v) is 8.11. The van der Waals surface area contributed by atoms with Gasteiger partial charge in [-0.05, 0) is 12.1 Å². The fraction of sp³-hybridized carbons (Fsp3) is 0.250. The molecule has 0 bridgehead atoms. The average Bonchev–Trinajstić information content (AvgIpc) is 2.12. The van der Waals surface area contributed by atoms with E-state index in [1.165, 1.54) is 6.07 Å². The quantitative estimate of drug-likeness (QED) is 0.755. The number of hydrogen-bond donors (Lipinski definition) is 2. The van der Waals surface area contributed by atoms with E-state index in [4.69, 9.17) is 28.9 Å². The van der Waals surface area contributed by atoms with E-state index < -0.39 is 11.9 Å². The van der Waals surface area contributed by atoms with Gasteiger partial charge in [0.25, 0.3) is 0 Å². The minimum absolute atomic E-state index is 0.0527. The van der Waals surface area contributed by atoms with Crippen LogP contribution in [0.5, 0.6) is 0 Å². The lowest BCUT2D eigenvalue weighted by atomic mass is 10.1. The first kappa shape index (κ1) is 10.7. The Morgan fingerprint density at radius 3 is 2.62 bits per heavy atom. The van der Waals surface area contributed by atoms with Gasteiger partial charge in [-0.3, -0.25) is 0 Å². The predicted molar refractivity (Wildman–Crippen MR) is 50.4 cm³/mol. The first-order valence-electron chi connectivity index (χ1n) is 3.59. The minimum atomic E-state index is -1.03. The number of aliphatic hydroxyl groups excluding tert-OH is 1. The van der Waals surface area contributed by atoms with Gasteiger partial charge in [-0.15, -0.1) is 0 Å². The molecule has 1 unspecified atom stereocenters. The second kappa shape index (κ2) is 4.24. The molecule has 0 amide bonds. The fourth-order valence-corrected chi connectivity index (χ4v) is 1.59. The highest BCUT2D eigenvalue weighted by Crippen LogP contribution is 2.31. The molecular formula is C8H8Cl2FNO. The molecule has 1 aromatic carbocycles. The maximum Gasteiger partial charge on any atom is 0.142 e. The van der Waals surface area contributed by atoms with Crippen molar-refractivity contribution in [1.82, 2.24) is 0 Å². The van der Waals surface area contributed by atoms with Gasteiger partial charge in [0.15, 0.2) is 0 Å². The first-order valence-corrected chi connectivity index (χ1v) is 4.35. The van der Waals surface area contributed by atoms with Crippen molar-refractivity contribution in [3.63, 3.8) is 0 Å². The van der Waals surface area contributed by atoms with Crippen molar-refractivity contribution in [3.05, 3.63) is 33.6 Å². The molecule has 0 heterocycles. The molecule has 0 saturated heterocycles. The Hall–Kier alpha value is -0.350. The van der Waals surface area contributed by atoms with Gasteiger partial charge in [-0.2, -0.15) is 0 Å². The van der Waals surface area contributed by atoms with E-state index >= 15 is 0 Å². The van der Waals surface area contributed by atoms with Crippen LogP contribution >= 0.6 is 23.2 Å². The van der Waals surface area contributed by atoms with Crippen LogP contribution in [0.1, 0.15) is 11.7 Å². The number of nitrogens with two attached hydrogens (primary N) is 1. The van der Waals surface area contributed by atoms with E-state index in [1.807, 2.05) is 0 Å². The molecule has 0 aliphatic carbocycles. The molecule has 0 saturated carbocycles. The van der Waals surface area contributed by atoms with E-state index in [9.17, 15) is 9.50 Å². The first-order chi connectivity index (χ1) is 6.07. The van der Waals surface area contributed by atoms with E-state index in [0.29, 0.717) is 0 Å². The highest BCUT2D eigenvalue weighted by molar-refractivity contribution is 6.36. The zero-order chi connectivity index (χ0) is 10.0. The Labute approximate surface area is 85.1 Å². The second-order valence-corrected chi connectivity index (χ2v) is 3.29. The van der Waals surface area contributed by atoms with Crippen molar-refractivity contribution in [3.8, 4) is 0 Å². The summed E-state index contributed by atoms with van der Waals surface area (Å²) in [5, 5.41) is 9.39. The summed E-state index contributed by atoms with van der Waals surface area (Å²) in [6, 6.07) is 2.47. The standard InChI is InChI=1S/C8H8Cl2FNO/c9-4-1-2-5(11)8(10)7(4)6(13)3-12/h1-2,6,13H,3,12H2. The van der Waals surface area contributed by atoms with Crippen molar-refractivity contribution in [1.29, 1.82) is 0 Å². The number of benzene rings is 1. The van der Waals surface area contributed by atoms with Crippen LogP contribution in [-0.4, -0.2) is 11.7 Å². The molecule has 1 aromatic rings. The molecule has 3 N–H and O–H groups in total. The number of aliphatic hydroxyl groups is 1. The molecule has 0 spiro atoms. The lowest BCUT2D eigenvalue weighted by molar-refractivity contribution is 0.186. The van der Waals surface area contributed by atoms with Crippen molar-refractivity contribution in [2.45, 2.75) is 6.10 Å². The van der Waals surface area contributed by atoms with Gasteiger partial charge in [0, 0.05) is 17.1 Å². The molecule has 2 nitrogen and oxygen atoms in total. The summed E-state index contributed by atoms with van der Waals surface area (Å²) in [6.45, 7) is -0.0527. The Bertz CT molecular complexity index is 319. The molecule has 13 heavy (non-hydrogen) atoms. The molecule has 0 aromatic heterocycles. The van der Waals surface area contributed by atoms with Crippen LogP contribution in [0, 0.1) is 5.82 Å². The summed E-state index contributed by atoms with van der Waals surface area (Å²) >= 11 is 11.3. The van der Waals surface area contributed by atoms with Crippen molar-refractivity contribution in [2.24, 2.45) is 5.73 Å². The van der Waals surface area contributed by atoms with Crippen LogP contribution in [0.15, 0.2) is 12.1 Å². The van der Waals surface area contributed by atoms with Crippen LogP contribution in [0.4, 0.5) is 4.39 Å². The molecule has 1 rings (SSSR count). The van der Waals surface area contributed by atoms with Crippen molar-refractivity contribution in [2.75, 3.05) is 6.54 Å². The second-order valence-electron chi connectivity index (χ2n) is 2.51. The van der Waals surface area contributed by atoms with Gasteiger partial charge in [-0.25, -0.2) is 4.39 Å². The SMILES string of the molecule is NCC(O)c1c(Cl)ccc(F)c1Cl. The zero-order valence-electron chi connectivity index (χ0n) is 6.60. The molecule has 0 radical (unpaired) electrons. The minimum Gasteiger partial charge on any atom is -0.387 e. The summed E-state index contributed by atoms with van der Waals surface area (Å²) in [5.41, 5.74) is 5.35. The summed E-state index contributed by atoms with van der Waals surface area (Å²) in [5.74, 6) is -0.617. The lowest BCUT2D eigenvalue weighted by Crippen LogP contribution is -2.12. The van der Waals surface area contributed by atoms with Gasteiger partial charge in [0.2, 0.25) is 0 Å². The van der Waals surface area contributed by atoms with Crippen LogP contribution < -0.4 is 5.73 Å². The monoisotopic (exact) mass is 223 g/mol. The van der Waals surface area contributed by atoms with Crippen molar-refractivity contribution < 1.29 is 9.50 Å². The van der Waals surface area contributed by atoms with Crippen LogP contribution in [0.3, 0.4) is 0 Å². The third-order valence-electron chi connectivity index (χ3n) is 1.64. The number of hydrogen-bond acceptors (Lipinski definition) is 2. The Kier molecular flexibility index (Phi) is 3.50. The lowest BCUT2D eigenvalue weighted by Gasteiger charge is -2.12. The average molecular weight is 224 g/mol. The third-order valence-corrected chi connectivity index (χ3v) is 2.35. The largest absolute Gasteiger partial charge is 0.387 e. The molecule has 1 atom stereocenters. The van der Waals surface area contributed by atoms with E-state index in [-0.39, 0.29) is 22.2 Å². The smallest absolute Gasteiger partial charge is 0.142 e. The van der Waals surface area contributed by atoms with Crippen molar-refractivity contribution >= 4 is 23.2 Å². The predicted octanol–water partition coefficient (Wildman–Crippen LogP) is 2.12. The summed E-state index contributed by atoms with van der Waals surface area (Å²) in [7, 11) is 0. The van der Waals surface area contributed by atoms with E-state index in [1.54, 1.807) is 0 Å². The molecule has 0 fully saturated rings. The molecule has 0 aliphatic rings. The van der Waals surface area contributed by atoms with E-state index in [0.717, 1.165) is 6.07 Å². The van der Waals surface area contributed by atoms with Gasteiger partial charge in [0.1, 0.15) is 5.82 Å². The summed E-state index contributed by atoms with van der Waals surface area (Å²) < 4.78 is 12.9. The van der Waals surface area contributed by atoms with Crippen LogP contribution in [0.25, 0.3) is 0 Å². The Morgan fingerprint density at radius 1 is 1.46 bits per heavy atom. The normalized spacial score (nSPS) is 13.0. The molecule has 72 valence electrons. The van der Waals surface area contributed by atoms with E-state index in [2.05, 4.69) is 0 Å². The Morgan fingerprint density at radius 2 is 2.08 bits per heavy atom. The third kappa shape index (κ3) is 2.11. The van der Waals surface area contributed by atoms with Gasteiger partial charge < -0.3 is 10.8 Å². The maximum atomic E-state index is 12.9. The maximum absolute atomic E-state index is 12.9. The number of halogens is 3. The van der Waals surface area contributed by atoms with Crippen LogP contribution in [-0.2, 0) is 0 Å². The number of rotatable bonds is 2. The summed E-state index contributed by atoms with van der Waals surface area (Å²) in [4.78, 5) is 0. The Balaban J connectivity index is 3.25. The van der Waals surface area contributed by atoms with Gasteiger partial charge >= 0.3 is 0 Å². The van der Waals surface area contributed by atoms with Gasteiger partial charge in [-0.1, -0.05) is 23.2 Å². The topological polar surface area (TPSA) is 46.2 Å². The van der Waals surface area contributed by atoms with Gasteiger partial charge in [0.05, 0.1) is 11.1 Å². The highest BCUT2D eigenvalue weighted by Gasteiger charge is 2.16. The summed E-state index contributed by atoms with van der Waals surface area (Å²) in [6.07, 6.45) is -1.03. The molecular weight excluding hydrogens is 216 g/mol. The molecule has 0 aliphatic heterocycles. The van der Waals surface area contributed by atoms with Crippen LogP contribution in [0.2, 0.25) is 10.0 Å². The fourth-order valence-electron chi connectivity index (χ4n) is 0.966. The molecule has 5 heteroatoms.